The Morgan fingerprint density at radius 1 is 1.20 bits per heavy atom. The van der Waals surface area contributed by atoms with Crippen LogP contribution in [0.25, 0.3) is 11.0 Å². The minimum absolute atomic E-state index is 0.227. The van der Waals surface area contributed by atoms with Gasteiger partial charge < -0.3 is 15.0 Å². The summed E-state index contributed by atoms with van der Waals surface area (Å²) in [7, 11) is 1.79. The number of carbonyl (C=O) groups is 1. The first-order valence-electron chi connectivity index (χ1n) is 10.2. The van der Waals surface area contributed by atoms with Crippen LogP contribution in [0.2, 0.25) is 0 Å². The number of hydrogen-bond acceptors (Lipinski definition) is 5. The quantitative estimate of drug-likeness (QED) is 0.693. The zero-order chi connectivity index (χ0) is 21.3. The van der Waals surface area contributed by atoms with Crippen LogP contribution in [0.5, 0.6) is 5.88 Å². The van der Waals surface area contributed by atoms with Gasteiger partial charge >= 0.3 is 0 Å². The maximum atomic E-state index is 13.8. The highest BCUT2D eigenvalue weighted by Crippen LogP contribution is 2.30. The average Bonchev–Trinajstić information content (AvgIpc) is 3.03. The van der Waals surface area contributed by atoms with Crippen molar-refractivity contribution in [2.24, 2.45) is 7.05 Å². The lowest BCUT2D eigenvalue weighted by atomic mass is 10.1. The molecule has 3 heterocycles. The number of carbonyl (C=O) groups excluding carboxylic acids is 1. The number of fused-ring (bicyclic) bond motifs is 1. The van der Waals surface area contributed by atoms with E-state index in [1.54, 1.807) is 17.8 Å². The summed E-state index contributed by atoms with van der Waals surface area (Å²) in [5.74, 6) is -0.390. The predicted molar refractivity (Wildman–Crippen MR) is 115 cm³/mol. The Morgan fingerprint density at radius 2 is 1.97 bits per heavy atom. The predicted octanol–water partition coefficient (Wildman–Crippen LogP) is 3.73. The van der Waals surface area contributed by atoms with Crippen LogP contribution < -0.4 is 15.0 Å². The minimum Gasteiger partial charge on any atom is -0.466 e. The Morgan fingerprint density at radius 3 is 2.73 bits per heavy atom. The number of halogens is 1. The Kier molecular flexibility index (Phi) is 5.57. The molecule has 0 bridgehead atoms. The smallest absolute Gasteiger partial charge is 0.262 e. The highest BCUT2D eigenvalue weighted by atomic mass is 19.1. The summed E-state index contributed by atoms with van der Waals surface area (Å²) in [4.78, 5) is 19.3. The van der Waals surface area contributed by atoms with Crippen LogP contribution in [0, 0.1) is 19.7 Å². The number of aromatic nitrogens is 3. The number of nitrogens with one attached hydrogen (secondary N) is 1. The highest BCUT2D eigenvalue weighted by Gasteiger charge is 2.19. The van der Waals surface area contributed by atoms with Crippen LogP contribution in [0.3, 0.4) is 0 Å². The highest BCUT2D eigenvalue weighted by molar-refractivity contribution is 5.95. The van der Waals surface area contributed by atoms with E-state index in [4.69, 9.17) is 4.74 Å². The molecule has 0 radical (unpaired) electrons. The number of anilines is 2. The average molecular weight is 411 g/mol. The van der Waals surface area contributed by atoms with E-state index >= 15 is 0 Å². The summed E-state index contributed by atoms with van der Waals surface area (Å²) < 4.78 is 21.2. The van der Waals surface area contributed by atoms with Crippen LogP contribution in [-0.2, 0) is 11.8 Å². The first-order valence-corrected chi connectivity index (χ1v) is 10.2. The maximum Gasteiger partial charge on any atom is 0.262 e. The third kappa shape index (κ3) is 4.08. The third-order valence-electron chi connectivity index (χ3n) is 5.36. The normalized spacial score (nSPS) is 14.2. The number of amides is 1. The van der Waals surface area contributed by atoms with Gasteiger partial charge in [0.1, 0.15) is 5.82 Å². The van der Waals surface area contributed by atoms with Gasteiger partial charge in [0.25, 0.3) is 5.91 Å². The monoisotopic (exact) mass is 411 g/mol. The first-order chi connectivity index (χ1) is 14.4. The standard InChI is InChI=1S/C22H26FN5O2/c1-14-11-15(2)24-21-20(14)22(26-27(21)3)30-13-19(29)25-17-12-16(23)7-8-18(17)28-9-5-4-6-10-28/h7-8,11-12H,4-6,9-10,13H2,1-3H3,(H,25,29). The second kappa shape index (κ2) is 8.30. The van der Waals surface area contributed by atoms with E-state index in [1.807, 2.05) is 19.9 Å². The second-order valence-electron chi connectivity index (χ2n) is 7.75. The summed E-state index contributed by atoms with van der Waals surface area (Å²) in [6, 6.07) is 6.46. The summed E-state index contributed by atoms with van der Waals surface area (Å²) in [6.07, 6.45) is 3.38. The van der Waals surface area contributed by atoms with Gasteiger partial charge in [-0.25, -0.2) is 14.1 Å². The fraction of sp³-hybridized carbons (Fsp3) is 0.409. The molecule has 2 aromatic heterocycles. The van der Waals surface area contributed by atoms with Crippen molar-refractivity contribution in [1.82, 2.24) is 14.8 Å². The van der Waals surface area contributed by atoms with Crippen LogP contribution in [0.4, 0.5) is 15.8 Å². The van der Waals surface area contributed by atoms with Crippen molar-refractivity contribution >= 4 is 28.3 Å². The van der Waals surface area contributed by atoms with Gasteiger partial charge in [-0.1, -0.05) is 0 Å². The zero-order valence-corrected chi connectivity index (χ0v) is 17.5. The summed E-state index contributed by atoms with van der Waals surface area (Å²) >= 11 is 0. The van der Waals surface area contributed by atoms with Crippen LogP contribution in [0.1, 0.15) is 30.5 Å². The van der Waals surface area contributed by atoms with Gasteiger partial charge in [0.05, 0.1) is 16.8 Å². The molecular formula is C22H26FN5O2. The fourth-order valence-corrected chi connectivity index (χ4v) is 3.99. The largest absolute Gasteiger partial charge is 0.466 e. The minimum atomic E-state index is -0.389. The molecule has 158 valence electrons. The van der Waals surface area contributed by atoms with Crippen molar-refractivity contribution in [2.45, 2.75) is 33.1 Å². The molecule has 1 aliphatic heterocycles. The molecule has 4 rings (SSSR count). The van der Waals surface area contributed by atoms with Crippen LogP contribution >= 0.6 is 0 Å². The molecule has 1 N–H and O–H groups in total. The molecule has 3 aromatic rings. The van der Waals surface area contributed by atoms with Crippen molar-refractivity contribution < 1.29 is 13.9 Å². The number of benzene rings is 1. The van der Waals surface area contributed by atoms with E-state index in [-0.39, 0.29) is 18.3 Å². The van der Waals surface area contributed by atoms with E-state index < -0.39 is 0 Å². The van der Waals surface area contributed by atoms with E-state index in [0.717, 1.165) is 48.3 Å². The number of hydrogen-bond donors (Lipinski definition) is 1. The Labute approximate surface area is 174 Å². The Balaban J connectivity index is 1.50. The number of pyridine rings is 1. The van der Waals surface area contributed by atoms with Crippen molar-refractivity contribution in [3.63, 3.8) is 0 Å². The molecule has 1 aromatic carbocycles. The lowest BCUT2D eigenvalue weighted by Gasteiger charge is -2.30. The fourth-order valence-electron chi connectivity index (χ4n) is 3.99. The number of aryl methyl sites for hydroxylation is 3. The molecular weight excluding hydrogens is 385 g/mol. The Hall–Kier alpha value is -3.16. The molecule has 8 heteroatoms. The first kappa shape index (κ1) is 20.1. The number of piperidine rings is 1. The van der Waals surface area contributed by atoms with Gasteiger partial charge in [-0.3, -0.25) is 4.79 Å². The topological polar surface area (TPSA) is 72.3 Å². The molecule has 1 amide bonds. The van der Waals surface area contributed by atoms with Gasteiger partial charge in [0, 0.05) is 25.8 Å². The van der Waals surface area contributed by atoms with Gasteiger partial charge in [0.2, 0.25) is 5.88 Å². The van der Waals surface area contributed by atoms with Gasteiger partial charge in [-0.05, 0) is 62.9 Å². The van der Waals surface area contributed by atoms with Crippen LogP contribution in [-0.4, -0.2) is 40.4 Å². The van der Waals surface area contributed by atoms with Gasteiger partial charge in [-0.2, -0.15) is 0 Å². The molecule has 30 heavy (non-hydrogen) atoms. The molecule has 7 nitrogen and oxygen atoms in total. The molecule has 1 fully saturated rings. The summed E-state index contributed by atoms with van der Waals surface area (Å²) in [5, 5.41) is 7.95. The lowest BCUT2D eigenvalue weighted by molar-refractivity contribution is -0.118. The number of rotatable bonds is 5. The second-order valence-corrected chi connectivity index (χ2v) is 7.75. The molecule has 0 saturated carbocycles. The molecule has 0 aliphatic carbocycles. The molecule has 1 aliphatic rings. The summed E-state index contributed by atoms with van der Waals surface area (Å²) in [5.41, 5.74) is 3.88. The SMILES string of the molecule is Cc1cc(C)c2c(OCC(=O)Nc3cc(F)ccc3N3CCCCC3)nn(C)c2n1. The van der Waals surface area contributed by atoms with Gasteiger partial charge in [-0.15, -0.1) is 5.10 Å². The third-order valence-corrected chi connectivity index (χ3v) is 5.36. The van der Waals surface area contributed by atoms with Crippen molar-refractivity contribution in [3.05, 3.63) is 41.3 Å². The van der Waals surface area contributed by atoms with E-state index in [0.29, 0.717) is 17.2 Å². The number of nitrogens with zero attached hydrogens (tertiary/aromatic N) is 4. The van der Waals surface area contributed by atoms with Crippen molar-refractivity contribution in [3.8, 4) is 5.88 Å². The molecule has 0 atom stereocenters. The van der Waals surface area contributed by atoms with Crippen LogP contribution in [0.15, 0.2) is 24.3 Å². The molecule has 0 spiro atoms. The number of ether oxygens (including phenoxy) is 1. The van der Waals surface area contributed by atoms with Crippen molar-refractivity contribution in [2.75, 3.05) is 29.9 Å². The van der Waals surface area contributed by atoms with E-state index in [2.05, 4.69) is 20.3 Å². The Bertz CT molecular complexity index is 1090. The zero-order valence-electron chi connectivity index (χ0n) is 17.5. The molecule has 0 unspecified atom stereocenters. The lowest BCUT2D eigenvalue weighted by Crippen LogP contribution is -2.31. The maximum absolute atomic E-state index is 13.8. The van der Waals surface area contributed by atoms with Gasteiger partial charge in [0.15, 0.2) is 12.3 Å². The summed E-state index contributed by atoms with van der Waals surface area (Å²) in [6.45, 7) is 5.46. The molecule has 1 saturated heterocycles. The van der Waals surface area contributed by atoms with E-state index in [1.165, 1.54) is 18.6 Å². The van der Waals surface area contributed by atoms with Crippen molar-refractivity contribution in [1.29, 1.82) is 0 Å². The van der Waals surface area contributed by atoms with E-state index in [9.17, 15) is 9.18 Å².